The van der Waals surface area contributed by atoms with Crippen LogP contribution in [-0.2, 0) is 6.54 Å². The highest BCUT2D eigenvalue weighted by atomic mass is 19.1. The third-order valence-corrected chi connectivity index (χ3v) is 3.06. The van der Waals surface area contributed by atoms with E-state index in [4.69, 9.17) is 4.74 Å². The number of aromatic nitrogens is 1. The highest BCUT2D eigenvalue weighted by Crippen LogP contribution is 2.22. The lowest BCUT2D eigenvalue weighted by atomic mass is 10.2. The van der Waals surface area contributed by atoms with Gasteiger partial charge in [-0.3, -0.25) is 0 Å². The van der Waals surface area contributed by atoms with Crippen LogP contribution in [0.3, 0.4) is 0 Å². The van der Waals surface area contributed by atoms with Gasteiger partial charge in [-0.2, -0.15) is 0 Å². The summed E-state index contributed by atoms with van der Waals surface area (Å²) in [6, 6.07) is 2.10. The largest absolute Gasteiger partial charge is 0.474 e. The fourth-order valence-electron chi connectivity index (χ4n) is 1.90. The summed E-state index contributed by atoms with van der Waals surface area (Å²) in [5.74, 6) is 0.253. The van der Waals surface area contributed by atoms with E-state index in [1.165, 1.54) is 25.1 Å². The summed E-state index contributed by atoms with van der Waals surface area (Å²) in [5.41, 5.74) is 0.810. The molecule has 0 aromatic carbocycles. The van der Waals surface area contributed by atoms with Crippen LogP contribution in [0.1, 0.15) is 45.1 Å². The van der Waals surface area contributed by atoms with Crippen molar-refractivity contribution in [3.63, 3.8) is 0 Å². The molecule has 1 N–H and O–H groups in total. The lowest BCUT2D eigenvalue weighted by Gasteiger charge is -2.16. The van der Waals surface area contributed by atoms with Crippen LogP contribution in [0.15, 0.2) is 12.3 Å². The number of rotatable bonds is 7. The van der Waals surface area contributed by atoms with Crippen molar-refractivity contribution in [2.75, 3.05) is 0 Å². The van der Waals surface area contributed by atoms with Crippen LogP contribution < -0.4 is 10.1 Å². The summed E-state index contributed by atoms with van der Waals surface area (Å²) in [6.45, 7) is 4.77. The molecule has 1 saturated carbocycles. The Balaban J connectivity index is 2.01. The lowest BCUT2D eigenvalue weighted by molar-refractivity contribution is 0.198. The molecular weight excluding hydrogens is 231 g/mol. The van der Waals surface area contributed by atoms with E-state index in [0.29, 0.717) is 18.5 Å². The predicted molar refractivity (Wildman–Crippen MR) is 69.1 cm³/mol. The van der Waals surface area contributed by atoms with Crippen molar-refractivity contribution in [1.82, 2.24) is 10.3 Å². The van der Waals surface area contributed by atoms with E-state index >= 15 is 0 Å². The maximum absolute atomic E-state index is 13.2. The fourth-order valence-corrected chi connectivity index (χ4v) is 1.90. The summed E-state index contributed by atoms with van der Waals surface area (Å²) in [6.07, 6.45) is 5.81. The number of ether oxygens (including phenoxy) is 1. The van der Waals surface area contributed by atoms with Crippen LogP contribution in [0, 0.1) is 5.82 Å². The Bertz CT molecular complexity index is 393. The molecule has 0 radical (unpaired) electrons. The second-order valence-corrected chi connectivity index (χ2v) is 4.99. The number of hydrogen-bond donors (Lipinski definition) is 1. The van der Waals surface area contributed by atoms with Gasteiger partial charge in [0.1, 0.15) is 5.82 Å². The normalized spacial score (nSPS) is 16.6. The predicted octanol–water partition coefficient (Wildman–Crippen LogP) is 3.04. The first-order chi connectivity index (χ1) is 8.69. The molecule has 1 atom stereocenters. The summed E-state index contributed by atoms with van der Waals surface area (Å²) in [5, 5.41) is 3.36. The van der Waals surface area contributed by atoms with Crippen molar-refractivity contribution >= 4 is 0 Å². The van der Waals surface area contributed by atoms with Gasteiger partial charge >= 0.3 is 0 Å². The molecule has 1 aliphatic rings. The second-order valence-electron chi connectivity index (χ2n) is 4.99. The number of nitrogens with zero attached hydrogens (tertiary/aromatic N) is 1. The van der Waals surface area contributed by atoms with Crippen LogP contribution in [0.4, 0.5) is 4.39 Å². The van der Waals surface area contributed by atoms with E-state index < -0.39 is 0 Å². The average Bonchev–Trinajstić information content (AvgIpc) is 3.14. The van der Waals surface area contributed by atoms with Crippen molar-refractivity contribution in [3.8, 4) is 5.88 Å². The molecule has 1 aliphatic carbocycles. The van der Waals surface area contributed by atoms with Gasteiger partial charge in [-0.05, 0) is 32.3 Å². The molecule has 1 unspecified atom stereocenters. The van der Waals surface area contributed by atoms with Crippen molar-refractivity contribution in [2.45, 2.75) is 58.2 Å². The van der Waals surface area contributed by atoms with Gasteiger partial charge in [0.15, 0.2) is 0 Å². The molecule has 0 aliphatic heterocycles. The maximum Gasteiger partial charge on any atom is 0.218 e. The van der Waals surface area contributed by atoms with Crippen LogP contribution >= 0.6 is 0 Å². The van der Waals surface area contributed by atoms with E-state index in [0.717, 1.165) is 18.4 Å². The zero-order valence-corrected chi connectivity index (χ0v) is 11.1. The monoisotopic (exact) mass is 252 g/mol. The molecule has 0 spiro atoms. The molecule has 4 heteroatoms. The minimum atomic E-state index is -0.307. The smallest absolute Gasteiger partial charge is 0.218 e. The van der Waals surface area contributed by atoms with Gasteiger partial charge in [0, 0.05) is 18.2 Å². The van der Waals surface area contributed by atoms with E-state index in [1.54, 1.807) is 0 Å². The molecule has 1 fully saturated rings. The Labute approximate surface area is 108 Å². The Morgan fingerprint density at radius 3 is 3.00 bits per heavy atom. The van der Waals surface area contributed by atoms with Gasteiger partial charge in [-0.1, -0.05) is 13.3 Å². The third kappa shape index (κ3) is 3.95. The molecule has 1 heterocycles. The highest BCUT2D eigenvalue weighted by molar-refractivity contribution is 5.26. The van der Waals surface area contributed by atoms with Gasteiger partial charge in [0.2, 0.25) is 5.88 Å². The highest BCUT2D eigenvalue weighted by Gasteiger charge is 2.21. The topological polar surface area (TPSA) is 34.1 Å². The molecule has 2 rings (SSSR count). The Morgan fingerprint density at radius 1 is 1.56 bits per heavy atom. The minimum absolute atomic E-state index is 0.118. The van der Waals surface area contributed by atoms with Crippen molar-refractivity contribution < 1.29 is 9.13 Å². The summed E-state index contributed by atoms with van der Waals surface area (Å²) >= 11 is 0. The first-order valence-corrected chi connectivity index (χ1v) is 6.73. The van der Waals surface area contributed by atoms with Gasteiger partial charge in [0.05, 0.1) is 12.3 Å². The quantitative estimate of drug-likeness (QED) is 0.810. The Morgan fingerprint density at radius 2 is 2.33 bits per heavy atom. The van der Waals surface area contributed by atoms with Gasteiger partial charge < -0.3 is 10.1 Å². The summed E-state index contributed by atoms with van der Waals surface area (Å²) in [7, 11) is 0. The van der Waals surface area contributed by atoms with Gasteiger partial charge in [-0.25, -0.2) is 9.37 Å². The van der Waals surface area contributed by atoms with Crippen molar-refractivity contribution in [2.24, 2.45) is 0 Å². The Hall–Kier alpha value is -1.16. The molecule has 0 amide bonds. The van der Waals surface area contributed by atoms with E-state index in [2.05, 4.69) is 17.2 Å². The van der Waals surface area contributed by atoms with Crippen LogP contribution in [0.5, 0.6) is 5.88 Å². The summed E-state index contributed by atoms with van der Waals surface area (Å²) < 4.78 is 19.0. The molecule has 100 valence electrons. The molecule has 0 bridgehead atoms. The molecule has 3 nitrogen and oxygen atoms in total. The first kappa shape index (κ1) is 13.3. The van der Waals surface area contributed by atoms with Gasteiger partial charge in [-0.15, -0.1) is 0 Å². The number of halogens is 1. The molecule has 1 aromatic heterocycles. The van der Waals surface area contributed by atoms with Crippen molar-refractivity contribution in [1.29, 1.82) is 0 Å². The SMILES string of the molecule is CCCC(C)Oc1ncc(F)cc1CNC1CC1. The molecule has 18 heavy (non-hydrogen) atoms. The van der Waals surface area contributed by atoms with E-state index in [1.807, 2.05) is 6.92 Å². The Kier molecular flexibility index (Phi) is 4.53. The molecule has 1 aromatic rings. The zero-order chi connectivity index (χ0) is 13.0. The van der Waals surface area contributed by atoms with Crippen LogP contribution in [0.25, 0.3) is 0 Å². The van der Waals surface area contributed by atoms with Crippen LogP contribution in [0.2, 0.25) is 0 Å². The second kappa shape index (κ2) is 6.14. The maximum atomic E-state index is 13.2. The van der Waals surface area contributed by atoms with Crippen LogP contribution in [-0.4, -0.2) is 17.1 Å². The molecule has 0 saturated heterocycles. The van der Waals surface area contributed by atoms with Gasteiger partial charge in [0.25, 0.3) is 0 Å². The minimum Gasteiger partial charge on any atom is -0.474 e. The number of hydrogen-bond acceptors (Lipinski definition) is 3. The van der Waals surface area contributed by atoms with E-state index in [9.17, 15) is 4.39 Å². The van der Waals surface area contributed by atoms with Crippen molar-refractivity contribution in [3.05, 3.63) is 23.6 Å². The lowest BCUT2D eigenvalue weighted by Crippen LogP contribution is -2.19. The van der Waals surface area contributed by atoms with E-state index in [-0.39, 0.29) is 11.9 Å². The third-order valence-electron chi connectivity index (χ3n) is 3.06. The zero-order valence-electron chi connectivity index (χ0n) is 11.1. The first-order valence-electron chi connectivity index (χ1n) is 6.73. The fraction of sp³-hybridized carbons (Fsp3) is 0.643. The average molecular weight is 252 g/mol. The standard InChI is InChI=1S/C14H21FN2O/c1-3-4-10(2)18-14-11(7-12(15)9-17-14)8-16-13-5-6-13/h7,9-10,13,16H,3-6,8H2,1-2H3. The number of pyridine rings is 1. The molecular formula is C14H21FN2O. The number of nitrogens with one attached hydrogen (secondary N) is 1. The summed E-state index contributed by atoms with van der Waals surface area (Å²) in [4.78, 5) is 4.06.